The van der Waals surface area contributed by atoms with Gasteiger partial charge in [0, 0.05) is 0 Å². The van der Waals surface area contributed by atoms with Crippen LogP contribution in [-0.2, 0) is 18.9 Å². The van der Waals surface area contributed by atoms with Crippen molar-refractivity contribution in [2.75, 3.05) is 13.2 Å². The molecule has 0 aromatic rings. The first-order valence-corrected chi connectivity index (χ1v) is 16.0. The predicted molar refractivity (Wildman–Crippen MR) is 154 cm³/mol. The van der Waals surface area contributed by atoms with Crippen LogP contribution in [0.25, 0.3) is 0 Å². The van der Waals surface area contributed by atoms with Crippen molar-refractivity contribution in [1.29, 1.82) is 0 Å². The Bertz CT molecular complexity index is 576. The largest absolute Gasteiger partial charge is 0.508 e. The van der Waals surface area contributed by atoms with Crippen molar-refractivity contribution >= 4 is 12.3 Å². The zero-order chi connectivity index (χ0) is 27.8. The molecule has 1 fully saturated rings. The van der Waals surface area contributed by atoms with Crippen molar-refractivity contribution in [3.8, 4) is 0 Å². The minimum Gasteiger partial charge on any atom is -0.434 e. The Hall–Kier alpha value is -1.46. The lowest BCUT2D eigenvalue weighted by molar-refractivity contribution is -0.0713. The molecule has 38 heavy (non-hydrogen) atoms. The predicted octanol–water partition coefficient (Wildman–Crippen LogP) is 10.2. The average Bonchev–Trinajstić information content (AvgIpc) is 2.87. The molecular weight excluding hydrogens is 480 g/mol. The van der Waals surface area contributed by atoms with Crippen LogP contribution in [0.2, 0.25) is 0 Å². The lowest BCUT2D eigenvalue weighted by Gasteiger charge is -2.29. The van der Waals surface area contributed by atoms with Gasteiger partial charge >= 0.3 is 12.3 Å². The standard InChI is InChI=1S/C32H60O6/c1-27(2)21-15-11-7-5-6-9-13-19-25-35-31(33)37-29-23-17-18-24-30(29)38-32(34)36-26-20-14-10-8-12-16-22-28(3)4/h27-30H,5-26H2,1-4H3. The number of hydrogen-bond acceptors (Lipinski definition) is 6. The third-order valence-corrected chi connectivity index (χ3v) is 7.43. The molecular formula is C32H60O6. The number of ether oxygens (including phenoxy) is 4. The zero-order valence-electron chi connectivity index (χ0n) is 25.3. The fraction of sp³-hybridized carbons (Fsp3) is 0.938. The summed E-state index contributed by atoms with van der Waals surface area (Å²) in [6.07, 6.45) is 20.3. The first-order chi connectivity index (χ1) is 18.4. The SMILES string of the molecule is CC(C)CCCCCCCCCCOC(=O)OC1CCCCC1OC(=O)OCCCCCCCCC(C)C. The third kappa shape index (κ3) is 20.5. The van der Waals surface area contributed by atoms with Gasteiger partial charge in [-0.15, -0.1) is 0 Å². The molecule has 0 aromatic heterocycles. The summed E-state index contributed by atoms with van der Waals surface area (Å²) >= 11 is 0. The van der Waals surface area contributed by atoms with E-state index in [9.17, 15) is 9.59 Å². The van der Waals surface area contributed by atoms with Gasteiger partial charge in [0.2, 0.25) is 0 Å². The lowest BCUT2D eigenvalue weighted by atomic mass is 9.95. The van der Waals surface area contributed by atoms with E-state index in [1.54, 1.807) is 0 Å². The van der Waals surface area contributed by atoms with Crippen LogP contribution in [-0.4, -0.2) is 37.7 Å². The van der Waals surface area contributed by atoms with Crippen molar-refractivity contribution in [2.24, 2.45) is 11.8 Å². The lowest BCUT2D eigenvalue weighted by Crippen LogP contribution is -2.38. The monoisotopic (exact) mass is 540 g/mol. The van der Waals surface area contributed by atoms with Crippen molar-refractivity contribution < 1.29 is 28.5 Å². The molecule has 0 radical (unpaired) electrons. The van der Waals surface area contributed by atoms with E-state index in [2.05, 4.69) is 27.7 Å². The number of carbonyl (C=O) groups is 2. The summed E-state index contributed by atoms with van der Waals surface area (Å²) in [5.41, 5.74) is 0. The van der Waals surface area contributed by atoms with Crippen LogP contribution in [0.1, 0.15) is 156 Å². The first-order valence-electron chi connectivity index (χ1n) is 16.0. The molecule has 6 nitrogen and oxygen atoms in total. The Balaban J connectivity index is 2.06. The summed E-state index contributed by atoms with van der Waals surface area (Å²) in [6, 6.07) is 0. The summed E-state index contributed by atoms with van der Waals surface area (Å²) in [4.78, 5) is 24.3. The summed E-state index contributed by atoms with van der Waals surface area (Å²) in [6.45, 7) is 9.87. The van der Waals surface area contributed by atoms with Crippen LogP contribution in [0.3, 0.4) is 0 Å². The molecule has 1 aliphatic carbocycles. The number of carbonyl (C=O) groups excluding carboxylic acids is 2. The molecule has 1 aliphatic rings. The highest BCUT2D eigenvalue weighted by Crippen LogP contribution is 2.25. The summed E-state index contributed by atoms with van der Waals surface area (Å²) < 4.78 is 21.6. The van der Waals surface area contributed by atoms with Crippen LogP contribution in [0, 0.1) is 11.8 Å². The maximum atomic E-state index is 12.2. The van der Waals surface area contributed by atoms with Crippen LogP contribution in [0.15, 0.2) is 0 Å². The van der Waals surface area contributed by atoms with E-state index in [-0.39, 0.29) is 0 Å². The minimum absolute atomic E-state index is 0.378. The Morgan fingerprint density at radius 1 is 0.526 bits per heavy atom. The van der Waals surface area contributed by atoms with Crippen LogP contribution < -0.4 is 0 Å². The molecule has 0 bridgehead atoms. The van der Waals surface area contributed by atoms with Crippen LogP contribution in [0.5, 0.6) is 0 Å². The highest BCUT2D eigenvalue weighted by molar-refractivity contribution is 5.61. The van der Waals surface area contributed by atoms with Gasteiger partial charge in [0.1, 0.15) is 12.2 Å². The first kappa shape index (κ1) is 34.6. The van der Waals surface area contributed by atoms with E-state index in [1.807, 2.05) is 0 Å². The van der Waals surface area contributed by atoms with Gasteiger partial charge in [0.05, 0.1) is 13.2 Å². The van der Waals surface area contributed by atoms with E-state index in [1.165, 1.54) is 77.0 Å². The van der Waals surface area contributed by atoms with Gasteiger partial charge in [-0.1, -0.05) is 118 Å². The smallest absolute Gasteiger partial charge is 0.434 e. The molecule has 0 heterocycles. The van der Waals surface area contributed by atoms with Crippen molar-refractivity contribution in [3.05, 3.63) is 0 Å². The second kappa shape index (κ2) is 23.4. The van der Waals surface area contributed by atoms with Gasteiger partial charge in [-0.25, -0.2) is 9.59 Å². The topological polar surface area (TPSA) is 71.1 Å². The molecule has 0 aromatic carbocycles. The van der Waals surface area contributed by atoms with E-state index in [4.69, 9.17) is 18.9 Å². The molecule has 6 heteroatoms. The van der Waals surface area contributed by atoms with Crippen molar-refractivity contribution in [3.63, 3.8) is 0 Å². The maximum Gasteiger partial charge on any atom is 0.508 e. The van der Waals surface area contributed by atoms with Crippen LogP contribution >= 0.6 is 0 Å². The van der Waals surface area contributed by atoms with E-state index in [0.29, 0.717) is 26.1 Å². The minimum atomic E-state index is -0.657. The molecule has 0 saturated heterocycles. The van der Waals surface area contributed by atoms with E-state index in [0.717, 1.165) is 50.4 Å². The number of rotatable bonds is 22. The third-order valence-electron chi connectivity index (χ3n) is 7.43. The van der Waals surface area contributed by atoms with Gasteiger partial charge in [-0.2, -0.15) is 0 Å². The number of unbranched alkanes of at least 4 members (excludes halogenated alkanes) is 12. The quantitative estimate of drug-likeness (QED) is 0.100. The fourth-order valence-corrected chi connectivity index (χ4v) is 5.04. The molecule has 224 valence electrons. The van der Waals surface area contributed by atoms with Crippen LogP contribution in [0.4, 0.5) is 9.59 Å². The van der Waals surface area contributed by atoms with Crippen molar-refractivity contribution in [2.45, 2.75) is 168 Å². The second-order valence-electron chi connectivity index (χ2n) is 12.1. The molecule has 1 saturated carbocycles. The highest BCUT2D eigenvalue weighted by atomic mass is 16.8. The Kier molecular flexibility index (Phi) is 21.3. The summed E-state index contributed by atoms with van der Waals surface area (Å²) in [5, 5.41) is 0. The maximum absolute atomic E-state index is 12.2. The zero-order valence-corrected chi connectivity index (χ0v) is 25.3. The van der Waals surface area contributed by atoms with E-state index < -0.39 is 24.5 Å². The Morgan fingerprint density at radius 3 is 1.18 bits per heavy atom. The molecule has 0 N–H and O–H groups in total. The normalized spacial score (nSPS) is 17.5. The highest BCUT2D eigenvalue weighted by Gasteiger charge is 2.32. The number of hydrogen-bond donors (Lipinski definition) is 0. The van der Waals surface area contributed by atoms with Gasteiger partial charge in [0.25, 0.3) is 0 Å². The molecule has 2 unspecified atom stereocenters. The van der Waals surface area contributed by atoms with Gasteiger partial charge in [0.15, 0.2) is 0 Å². The molecule has 0 aliphatic heterocycles. The molecule has 2 atom stereocenters. The van der Waals surface area contributed by atoms with Crippen molar-refractivity contribution in [1.82, 2.24) is 0 Å². The summed E-state index contributed by atoms with van der Waals surface area (Å²) in [7, 11) is 0. The average molecular weight is 541 g/mol. The molecule has 1 rings (SSSR count). The van der Waals surface area contributed by atoms with Gasteiger partial charge < -0.3 is 18.9 Å². The Labute approximate surface area is 234 Å². The summed E-state index contributed by atoms with van der Waals surface area (Å²) in [5.74, 6) is 1.60. The second-order valence-corrected chi connectivity index (χ2v) is 12.1. The van der Waals surface area contributed by atoms with Gasteiger partial charge in [-0.3, -0.25) is 0 Å². The molecule has 0 spiro atoms. The van der Waals surface area contributed by atoms with Gasteiger partial charge in [-0.05, 0) is 50.4 Å². The van der Waals surface area contributed by atoms with E-state index >= 15 is 0 Å². The Morgan fingerprint density at radius 2 is 0.842 bits per heavy atom. The fourth-order valence-electron chi connectivity index (χ4n) is 5.04. The molecule has 0 amide bonds.